The van der Waals surface area contributed by atoms with Crippen molar-refractivity contribution < 1.29 is 14.6 Å². The molecule has 0 aliphatic carbocycles. The number of carbonyl (C=O) groups is 1. The molecule has 0 aliphatic rings. The minimum atomic E-state index is -1.06. The summed E-state index contributed by atoms with van der Waals surface area (Å²) in [6.45, 7) is -0.0405. The molecule has 0 heterocycles. The first-order valence-corrected chi connectivity index (χ1v) is 6.40. The molecule has 0 amide bonds. The summed E-state index contributed by atoms with van der Waals surface area (Å²) < 4.78 is 5.53. The molecule has 0 fully saturated rings. The van der Waals surface area contributed by atoms with Crippen LogP contribution in [0.25, 0.3) is 0 Å². The molecule has 3 N–H and O–H groups in total. The molecule has 1 atom stereocenters. The highest BCUT2D eigenvalue weighted by molar-refractivity contribution is 5.73. The number of hydrogen-bond donors (Lipinski definition) is 2. The molecule has 0 bridgehead atoms. The molecule has 4 nitrogen and oxygen atoms in total. The Hall–Kier alpha value is -2.33. The van der Waals surface area contributed by atoms with Crippen LogP contribution in [0.2, 0.25) is 0 Å². The maximum absolute atomic E-state index is 10.7. The number of para-hydroxylation sites is 1. The van der Waals surface area contributed by atoms with E-state index in [0.717, 1.165) is 12.0 Å². The summed E-state index contributed by atoms with van der Waals surface area (Å²) in [5.41, 5.74) is 7.63. The third-order valence-corrected chi connectivity index (χ3v) is 2.95. The van der Waals surface area contributed by atoms with Crippen LogP contribution < -0.4 is 10.5 Å². The van der Waals surface area contributed by atoms with Crippen LogP contribution in [0.4, 0.5) is 0 Å². The Balaban J connectivity index is 2.08. The first kappa shape index (κ1) is 14.1. The monoisotopic (exact) mass is 271 g/mol. The normalized spacial score (nSPS) is 11.8. The number of carboxylic acids is 1. The van der Waals surface area contributed by atoms with Gasteiger partial charge in [-0.15, -0.1) is 0 Å². The molecular formula is C16H17NO3. The Bertz CT molecular complexity index is 569. The highest BCUT2D eigenvalue weighted by Crippen LogP contribution is 2.21. The lowest BCUT2D eigenvalue weighted by molar-refractivity contribution is -0.139. The van der Waals surface area contributed by atoms with E-state index in [-0.39, 0.29) is 6.61 Å². The van der Waals surface area contributed by atoms with Gasteiger partial charge in [0.25, 0.3) is 0 Å². The van der Waals surface area contributed by atoms with Gasteiger partial charge in [-0.1, -0.05) is 48.5 Å². The number of benzene rings is 2. The number of rotatable bonds is 6. The van der Waals surface area contributed by atoms with Crippen molar-refractivity contribution in [1.29, 1.82) is 0 Å². The van der Waals surface area contributed by atoms with Crippen molar-refractivity contribution in [1.82, 2.24) is 0 Å². The molecule has 1 unspecified atom stereocenters. The Morgan fingerprint density at radius 3 is 2.45 bits per heavy atom. The lowest BCUT2D eigenvalue weighted by Gasteiger charge is -2.13. The van der Waals surface area contributed by atoms with E-state index in [1.807, 2.05) is 54.6 Å². The fraction of sp³-hybridized carbons (Fsp3) is 0.188. The molecule has 2 rings (SSSR count). The standard InChI is InChI=1S/C16H17NO3/c17-14(16(18)19)11-20-15-9-5-4-8-13(15)10-12-6-2-1-3-7-12/h1-9,14H,10-11,17H2,(H,18,19). The van der Waals surface area contributed by atoms with E-state index in [0.29, 0.717) is 5.75 Å². The van der Waals surface area contributed by atoms with Crippen LogP contribution in [0.1, 0.15) is 11.1 Å². The zero-order valence-electron chi connectivity index (χ0n) is 11.0. The van der Waals surface area contributed by atoms with Crippen molar-refractivity contribution in [2.45, 2.75) is 12.5 Å². The summed E-state index contributed by atoms with van der Waals surface area (Å²) in [4.78, 5) is 10.7. The van der Waals surface area contributed by atoms with Gasteiger partial charge in [-0.2, -0.15) is 0 Å². The van der Waals surface area contributed by atoms with Gasteiger partial charge in [0.2, 0.25) is 0 Å². The van der Waals surface area contributed by atoms with Gasteiger partial charge in [0.1, 0.15) is 18.4 Å². The fourth-order valence-electron chi connectivity index (χ4n) is 1.86. The second-order valence-corrected chi connectivity index (χ2v) is 4.53. The molecule has 4 heteroatoms. The van der Waals surface area contributed by atoms with E-state index in [4.69, 9.17) is 15.6 Å². The lowest BCUT2D eigenvalue weighted by Crippen LogP contribution is -2.36. The van der Waals surface area contributed by atoms with Crippen LogP contribution in [0, 0.1) is 0 Å². The number of carboxylic acid groups (broad SMARTS) is 1. The van der Waals surface area contributed by atoms with Gasteiger partial charge in [-0.25, -0.2) is 0 Å². The molecule has 0 saturated carbocycles. The first-order chi connectivity index (χ1) is 9.66. The number of hydrogen-bond acceptors (Lipinski definition) is 3. The van der Waals surface area contributed by atoms with Crippen molar-refractivity contribution in [2.75, 3.05) is 6.61 Å². The van der Waals surface area contributed by atoms with Crippen molar-refractivity contribution in [3.63, 3.8) is 0 Å². The summed E-state index contributed by atoms with van der Waals surface area (Å²) in [6.07, 6.45) is 0.735. The zero-order valence-corrected chi connectivity index (χ0v) is 11.0. The van der Waals surface area contributed by atoms with Crippen molar-refractivity contribution >= 4 is 5.97 Å². The van der Waals surface area contributed by atoms with Gasteiger partial charge < -0.3 is 15.6 Å². The van der Waals surface area contributed by atoms with Gasteiger partial charge in [0, 0.05) is 6.42 Å². The first-order valence-electron chi connectivity index (χ1n) is 6.40. The SMILES string of the molecule is NC(COc1ccccc1Cc1ccccc1)C(=O)O. The molecule has 0 aromatic heterocycles. The Labute approximate surface area is 117 Å². The Morgan fingerprint density at radius 2 is 1.75 bits per heavy atom. The molecule has 0 spiro atoms. The van der Waals surface area contributed by atoms with E-state index < -0.39 is 12.0 Å². The Morgan fingerprint density at radius 1 is 1.10 bits per heavy atom. The summed E-state index contributed by atoms with van der Waals surface area (Å²) in [6, 6.07) is 16.6. The minimum Gasteiger partial charge on any atom is -0.491 e. The molecule has 2 aromatic carbocycles. The third-order valence-electron chi connectivity index (χ3n) is 2.95. The molecule has 0 radical (unpaired) electrons. The summed E-state index contributed by atoms with van der Waals surface area (Å²) >= 11 is 0. The topological polar surface area (TPSA) is 72.5 Å². The van der Waals surface area contributed by atoms with Gasteiger partial charge in [-0.05, 0) is 17.2 Å². The van der Waals surface area contributed by atoms with Crippen LogP contribution in [0.15, 0.2) is 54.6 Å². The number of ether oxygens (including phenoxy) is 1. The highest BCUT2D eigenvalue weighted by atomic mass is 16.5. The average Bonchev–Trinajstić information content (AvgIpc) is 2.47. The minimum absolute atomic E-state index is 0.0405. The molecule has 2 aromatic rings. The maximum atomic E-state index is 10.7. The zero-order chi connectivity index (χ0) is 14.4. The van der Waals surface area contributed by atoms with Gasteiger partial charge in [-0.3, -0.25) is 4.79 Å². The van der Waals surface area contributed by atoms with Crippen molar-refractivity contribution in [2.24, 2.45) is 5.73 Å². The smallest absolute Gasteiger partial charge is 0.324 e. The third kappa shape index (κ3) is 3.83. The fourth-order valence-corrected chi connectivity index (χ4v) is 1.86. The van der Waals surface area contributed by atoms with Crippen LogP contribution in [0.5, 0.6) is 5.75 Å². The molecule has 20 heavy (non-hydrogen) atoms. The van der Waals surface area contributed by atoms with Crippen LogP contribution in [-0.2, 0) is 11.2 Å². The maximum Gasteiger partial charge on any atom is 0.324 e. The van der Waals surface area contributed by atoms with Crippen LogP contribution in [0.3, 0.4) is 0 Å². The van der Waals surface area contributed by atoms with Crippen molar-refractivity contribution in [3.8, 4) is 5.75 Å². The lowest BCUT2D eigenvalue weighted by atomic mass is 10.0. The van der Waals surface area contributed by atoms with Gasteiger partial charge >= 0.3 is 5.97 Å². The molecule has 0 aliphatic heterocycles. The van der Waals surface area contributed by atoms with E-state index in [1.54, 1.807) is 0 Å². The number of aliphatic carboxylic acids is 1. The quantitative estimate of drug-likeness (QED) is 0.843. The van der Waals surface area contributed by atoms with Crippen LogP contribution in [-0.4, -0.2) is 23.7 Å². The van der Waals surface area contributed by atoms with E-state index in [9.17, 15) is 4.79 Å². The van der Waals surface area contributed by atoms with Crippen LogP contribution >= 0.6 is 0 Å². The summed E-state index contributed by atoms with van der Waals surface area (Å²) in [5.74, 6) is -0.390. The largest absolute Gasteiger partial charge is 0.491 e. The highest BCUT2D eigenvalue weighted by Gasteiger charge is 2.13. The summed E-state index contributed by atoms with van der Waals surface area (Å²) in [5, 5.41) is 8.76. The number of nitrogens with two attached hydrogens (primary N) is 1. The van der Waals surface area contributed by atoms with Gasteiger partial charge in [0.15, 0.2) is 0 Å². The molecule has 0 saturated heterocycles. The van der Waals surface area contributed by atoms with Crippen molar-refractivity contribution in [3.05, 3.63) is 65.7 Å². The second kappa shape index (κ2) is 6.73. The summed E-state index contributed by atoms with van der Waals surface area (Å²) in [7, 11) is 0. The van der Waals surface area contributed by atoms with E-state index in [1.165, 1.54) is 5.56 Å². The molecule has 104 valence electrons. The predicted octanol–water partition coefficient (Wildman–Crippen LogP) is 2.07. The predicted molar refractivity (Wildman–Crippen MR) is 76.8 cm³/mol. The molecular weight excluding hydrogens is 254 g/mol. The second-order valence-electron chi connectivity index (χ2n) is 4.53. The van der Waals surface area contributed by atoms with E-state index in [2.05, 4.69) is 0 Å². The van der Waals surface area contributed by atoms with Gasteiger partial charge in [0.05, 0.1) is 0 Å². The Kier molecular flexibility index (Phi) is 4.74. The average molecular weight is 271 g/mol. The van der Waals surface area contributed by atoms with E-state index >= 15 is 0 Å².